The van der Waals surface area contributed by atoms with Crippen molar-refractivity contribution >= 4 is 15.9 Å². The number of piperazine rings is 1. The summed E-state index contributed by atoms with van der Waals surface area (Å²) >= 11 is 0. The van der Waals surface area contributed by atoms with Crippen molar-refractivity contribution in [2.75, 3.05) is 66.1 Å². The fourth-order valence-corrected chi connectivity index (χ4v) is 4.74. The molecule has 1 amide bonds. The summed E-state index contributed by atoms with van der Waals surface area (Å²) < 4.78 is 37.8. The summed E-state index contributed by atoms with van der Waals surface area (Å²) in [5, 5.41) is 0. The molecule has 3 rings (SSSR count). The average Bonchev–Trinajstić information content (AvgIpc) is 2.68. The fraction of sp³-hybridized carbons (Fsp3) is 0.611. The van der Waals surface area contributed by atoms with E-state index in [0.29, 0.717) is 37.6 Å². The van der Waals surface area contributed by atoms with Crippen LogP contribution in [0.2, 0.25) is 0 Å². The van der Waals surface area contributed by atoms with Gasteiger partial charge in [-0.15, -0.1) is 0 Å². The van der Waals surface area contributed by atoms with Crippen LogP contribution in [-0.2, 0) is 19.6 Å². The Kier molecular flexibility index (Phi) is 6.36. The summed E-state index contributed by atoms with van der Waals surface area (Å²) in [6, 6.07) is 4.77. The highest BCUT2D eigenvalue weighted by Crippen LogP contribution is 2.24. The molecule has 1 aromatic rings. The van der Waals surface area contributed by atoms with Crippen LogP contribution in [0, 0.1) is 6.92 Å². The van der Waals surface area contributed by atoms with Crippen LogP contribution in [0.1, 0.15) is 5.56 Å². The largest absolute Gasteiger partial charge is 0.483 e. The SMILES string of the molecule is Cc1cc(S(=O)(=O)N2CCOCC2)ccc1OCC(=O)N1CC[NH+](C)CC1. The number of likely N-dealkylation sites (N-methyl/N-ethyl adjacent to an activating group) is 1. The summed E-state index contributed by atoms with van der Waals surface area (Å²) in [5.74, 6) is 0.496. The van der Waals surface area contributed by atoms with Gasteiger partial charge in [0.25, 0.3) is 5.91 Å². The minimum absolute atomic E-state index is 0.0323. The van der Waals surface area contributed by atoms with Crippen molar-refractivity contribution in [1.82, 2.24) is 9.21 Å². The number of morpholine rings is 1. The summed E-state index contributed by atoms with van der Waals surface area (Å²) in [4.78, 5) is 15.8. The van der Waals surface area contributed by atoms with Crippen molar-refractivity contribution in [2.45, 2.75) is 11.8 Å². The van der Waals surface area contributed by atoms with E-state index in [0.717, 1.165) is 26.2 Å². The van der Waals surface area contributed by atoms with Crippen molar-refractivity contribution in [3.05, 3.63) is 23.8 Å². The van der Waals surface area contributed by atoms with Gasteiger partial charge in [-0.05, 0) is 30.7 Å². The van der Waals surface area contributed by atoms with Crippen LogP contribution in [0.3, 0.4) is 0 Å². The number of quaternary nitrogens is 1. The number of carbonyl (C=O) groups is 1. The molecular formula is C18H28N3O5S+. The van der Waals surface area contributed by atoms with Gasteiger partial charge in [0.05, 0.1) is 51.3 Å². The van der Waals surface area contributed by atoms with E-state index in [1.54, 1.807) is 19.1 Å². The van der Waals surface area contributed by atoms with Gasteiger partial charge in [0.1, 0.15) is 5.75 Å². The van der Waals surface area contributed by atoms with E-state index in [1.165, 1.54) is 15.3 Å². The lowest BCUT2D eigenvalue weighted by atomic mass is 10.2. The van der Waals surface area contributed by atoms with E-state index in [1.807, 2.05) is 4.90 Å². The molecule has 0 unspecified atom stereocenters. The lowest BCUT2D eigenvalue weighted by molar-refractivity contribution is -0.883. The molecule has 8 nitrogen and oxygen atoms in total. The molecule has 2 saturated heterocycles. The van der Waals surface area contributed by atoms with Crippen molar-refractivity contribution in [1.29, 1.82) is 0 Å². The van der Waals surface area contributed by atoms with Crippen LogP contribution in [0.4, 0.5) is 0 Å². The number of amides is 1. The van der Waals surface area contributed by atoms with Crippen LogP contribution >= 0.6 is 0 Å². The predicted octanol–water partition coefficient (Wildman–Crippen LogP) is -1.25. The summed E-state index contributed by atoms with van der Waals surface area (Å²) in [5.41, 5.74) is 0.694. The second kappa shape index (κ2) is 8.55. The molecule has 2 aliphatic heterocycles. The Labute approximate surface area is 160 Å². The number of ether oxygens (including phenoxy) is 2. The number of hydrogen-bond donors (Lipinski definition) is 1. The van der Waals surface area contributed by atoms with Crippen molar-refractivity contribution in [2.24, 2.45) is 0 Å². The molecule has 0 bridgehead atoms. The van der Waals surface area contributed by atoms with Crippen molar-refractivity contribution in [3.63, 3.8) is 0 Å². The first-order valence-electron chi connectivity index (χ1n) is 9.28. The number of nitrogens with zero attached hydrogens (tertiary/aromatic N) is 2. The van der Waals surface area contributed by atoms with E-state index < -0.39 is 10.0 Å². The topological polar surface area (TPSA) is 80.6 Å². The second-order valence-corrected chi connectivity index (χ2v) is 9.01. The Morgan fingerprint density at radius 3 is 2.48 bits per heavy atom. The van der Waals surface area contributed by atoms with Gasteiger partial charge in [0.15, 0.2) is 6.61 Å². The number of aryl methyl sites for hydroxylation is 1. The Hall–Kier alpha value is -1.68. The molecule has 150 valence electrons. The Morgan fingerprint density at radius 2 is 1.85 bits per heavy atom. The fourth-order valence-electron chi connectivity index (χ4n) is 3.25. The minimum Gasteiger partial charge on any atom is -0.483 e. The van der Waals surface area contributed by atoms with Crippen LogP contribution in [-0.4, -0.2) is 89.7 Å². The monoisotopic (exact) mass is 398 g/mol. The van der Waals surface area contributed by atoms with E-state index in [-0.39, 0.29) is 17.4 Å². The van der Waals surface area contributed by atoms with Crippen LogP contribution in [0.25, 0.3) is 0 Å². The molecule has 0 atom stereocenters. The van der Waals surface area contributed by atoms with E-state index in [4.69, 9.17) is 9.47 Å². The number of nitrogens with one attached hydrogen (secondary N) is 1. The maximum atomic E-state index is 12.7. The van der Waals surface area contributed by atoms with E-state index in [2.05, 4.69) is 7.05 Å². The van der Waals surface area contributed by atoms with Crippen molar-refractivity contribution in [3.8, 4) is 5.75 Å². The zero-order valence-electron chi connectivity index (χ0n) is 15.9. The smallest absolute Gasteiger partial charge is 0.260 e. The predicted molar refractivity (Wildman–Crippen MR) is 99.5 cm³/mol. The molecule has 0 aromatic heterocycles. The lowest BCUT2D eigenvalue weighted by Gasteiger charge is -2.30. The maximum absolute atomic E-state index is 12.7. The van der Waals surface area contributed by atoms with E-state index in [9.17, 15) is 13.2 Å². The molecule has 1 N–H and O–H groups in total. The Balaban J connectivity index is 1.62. The summed E-state index contributed by atoms with van der Waals surface area (Å²) in [6.45, 7) is 6.67. The first-order chi connectivity index (χ1) is 12.9. The third-order valence-corrected chi connectivity index (χ3v) is 6.97. The highest BCUT2D eigenvalue weighted by molar-refractivity contribution is 7.89. The van der Waals surface area contributed by atoms with Gasteiger partial charge in [0, 0.05) is 13.1 Å². The van der Waals surface area contributed by atoms with Gasteiger partial charge in [-0.3, -0.25) is 4.79 Å². The van der Waals surface area contributed by atoms with Gasteiger partial charge in [0.2, 0.25) is 10.0 Å². The molecule has 1 aromatic carbocycles. The molecule has 0 saturated carbocycles. The number of hydrogen-bond acceptors (Lipinski definition) is 5. The average molecular weight is 399 g/mol. The van der Waals surface area contributed by atoms with Gasteiger partial charge in [-0.2, -0.15) is 4.31 Å². The quantitative estimate of drug-likeness (QED) is 0.671. The number of rotatable bonds is 5. The first kappa shape index (κ1) is 20.1. The number of benzene rings is 1. The van der Waals surface area contributed by atoms with Crippen LogP contribution in [0.15, 0.2) is 23.1 Å². The normalized spacial score (nSPS) is 19.9. The molecule has 2 fully saturated rings. The van der Waals surface area contributed by atoms with Gasteiger partial charge in [-0.1, -0.05) is 0 Å². The molecule has 0 aliphatic carbocycles. The third-order valence-electron chi connectivity index (χ3n) is 5.08. The molecule has 0 spiro atoms. The van der Waals surface area contributed by atoms with Gasteiger partial charge >= 0.3 is 0 Å². The number of sulfonamides is 1. The lowest BCUT2D eigenvalue weighted by Crippen LogP contribution is -3.12. The Bertz CT molecular complexity index is 769. The van der Waals surface area contributed by atoms with Crippen molar-refractivity contribution < 1.29 is 27.6 Å². The molecule has 2 heterocycles. The van der Waals surface area contributed by atoms with Crippen LogP contribution < -0.4 is 9.64 Å². The maximum Gasteiger partial charge on any atom is 0.260 e. The Morgan fingerprint density at radius 1 is 1.19 bits per heavy atom. The molecule has 9 heteroatoms. The third kappa shape index (κ3) is 4.78. The second-order valence-electron chi connectivity index (χ2n) is 7.07. The standard InChI is InChI=1S/C18H27N3O5S/c1-15-13-16(27(23,24)21-9-11-25-12-10-21)3-4-17(15)26-14-18(22)20-7-5-19(2)6-8-20/h3-4,13H,5-12,14H2,1-2H3/p+1. The van der Waals surface area contributed by atoms with Crippen LogP contribution in [0.5, 0.6) is 5.75 Å². The zero-order chi connectivity index (χ0) is 19.4. The molecule has 27 heavy (non-hydrogen) atoms. The number of carbonyl (C=O) groups excluding carboxylic acids is 1. The van der Waals surface area contributed by atoms with Gasteiger partial charge < -0.3 is 19.3 Å². The highest BCUT2D eigenvalue weighted by Gasteiger charge is 2.27. The summed E-state index contributed by atoms with van der Waals surface area (Å²) in [6.07, 6.45) is 0. The minimum atomic E-state index is -3.53. The molecule has 0 radical (unpaired) electrons. The van der Waals surface area contributed by atoms with Gasteiger partial charge in [-0.25, -0.2) is 8.42 Å². The molecule has 2 aliphatic rings. The zero-order valence-corrected chi connectivity index (χ0v) is 16.8. The highest BCUT2D eigenvalue weighted by atomic mass is 32.2. The molecular weight excluding hydrogens is 370 g/mol. The first-order valence-corrected chi connectivity index (χ1v) is 10.7. The summed E-state index contributed by atoms with van der Waals surface area (Å²) in [7, 11) is -1.42. The van der Waals surface area contributed by atoms with E-state index >= 15 is 0 Å².